The first-order valence-corrected chi connectivity index (χ1v) is 8.74. The lowest BCUT2D eigenvalue weighted by molar-refractivity contribution is -0.159. The number of halogens is 3. The molecule has 2 N–H and O–H groups in total. The molecule has 0 radical (unpaired) electrons. The van der Waals surface area contributed by atoms with Gasteiger partial charge in [0.15, 0.2) is 0 Å². The summed E-state index contributed by atoms with van der Waals surface area (Å²) in [6.07, 6.45) is -1.79. The quantitative estimate of drug-likeness (QED) is 0.528. The van der Waals surface area contributed by atoms with Gasteiger partial charge in [0, 0.05) is 22.8 Å². The van der Waals surface area contributed by atoms with E-state index in [1.165, 1.54) is 29.1 Å². The molecular formula is C19H15F3N6O2. The molecule has 0 spiro atoms. The zero-order chi connectivity index (χ0) is 21.8. The number of aryl methyl sites for hydroxylation is 2. The summed E-state index contributed by atoms with van der Waals surface area (Å²) < 4.78 is 43.9. The van der Waals surface area contributed by atoms with Crippen molar-refractivity contribution < 1.29 is 22.5 Å². The van der Waals surface area contributed by atoms with E-state index in [1.54, 1.807) is 6.92 Å². The number of hydrogen-bond acceptors (Lipinski definition) is 6. The summed E-state index contributed by atoms with van der Waals surface area (Å²) in [5, 5.41) is 4.21. The highest BCUT2D eigenvalue weighted by Gasteiger charge is 2.38. The third-order valence-electron chi connectivity index (χ3n) is 4.95. The Labute approximate surface area is 167 Å². The fourth-order valence-electron chi connectivity index (χ4n) is 3.47. The van der Waals surface area contributed by atoms with Gasteiger partial charge in [-0.2, -0.15) is 18.2 Å². The van der Waals surface area contributed by atoms with E-state index in [1.807, 2.05) is 13.8 Å². The minimum atomic E-state index is -4.73. The van der Waals surface area contributed by atoms with Gasteiger partial charge in [-0.15, -0.1) is 0 Å². The highest BCUT2D eigenvalue weighted by molar-refractivity contribution is 5.98. The van der Waals surface area contributed by atoms with Crippen molar-refractivity contribution in [3.63, 3.8) is 0 Å². The van der Waals surface area contributed by atoms with Crippen molar-refractivity contribution >= 4 is 16.9 Å². The molecule has 0 bridgehead atoms. The van der Waals surface area contributed by atoms with Crippen LogP contribution in [0.5, 0.6) is 0 Å². The monoisotopic (exact) mass is 416 g/mol. The number of carbonyl (C=O) groups is 1. The average molecular weight is 416 g/mol. The fraction of sp³-hybridized carbons (Fsp3) is 0.211. The molecule has 4 aromatic heterocycles. The molecule has 0 saturated heterocycles. The minimum Gasteiger partial charge on any atom is -0.351 e. The summed E-state index contributed by atoms with van der Waals surface area (Å²) in [6.45, 7) is 5.48. The maximum atomic E-state index is 12.7. The summed E-state index contributed by atoms with van der Waals surface area (Å²) in [6, 6.07) is 2.39. The van der Waals surface area contributed by atoms with Crippen molar-refractivity contribution in [3.8, 4) is 22.8 Å². The number of amides is 1. The third kappa shape index (κ3) is 2.98. The van der Waals surface area contributed by atoms with Gasteiger partial charge >= 0.3 is 18.1 Å². The first-order valence-electron chi connectivity index (χ1n) is 8.74. The minimum absolute atomic E-state index is 0.211. The Bertz CT molecular complexity index is 1310. The first-order chi connectivity index (χ1) is 14.1. The van der Waals surface area contributed by atoms with Gasteiger partial charge in [-0.05, 0) is 44.0 Å². The van der Waals surface area contributed by atoms with Crippen LogP contribution in [0, 0.1) is 20.8 Å². The van der Waals surface area contributed by atoms with Gasteiger partial charge in [0.05, 0.1) is 23.1 Å². The largest absolute Gasteiger partial charge is 0.471 e. The van der Waals surface area contributed by atoms with Crippen molar-refractivity contribution in [1.82, 2.24) is 24.7 Å². The molecule has 8 nitrogen and oxygen atoms in total. The van der Waals surface area contributed by atoms with Gasteiger partial charge in [-0.1, -0.05) is 5.16 Å². The summed E-state index contributed by atoms with van der Waals surface area (Å²) >= 11 is 0. The van der Waals surface area contributed by atoms with Crippen LogP contribution in [0.1, 0.15) is 22.7 Å². The number of rotatable bonds is 2. The van der Waals surface area contributed by atoms with E-state index in [2.05, 4.69) is 24.6 Å². The van der Waals surface area contributed by atoms with E-state index in [0.29, 0.717) is 28.2 Å². The first kappa shape index (κ1) is 19.6. The number of aromatic nitrogens is 5. The summed E-state index contributed by atoms with van der Waals surface area (Å²) in [7, 11) is 0. The number of carbonyl (C=O) groups excluding carboxylic acids is 1. The Hall–Kier alpha value is -3.76. The molecule has 0 aliphatic carbocycles. The number of primary amides is 1. The molecule has 11 heteroatoms. The van der Waals surface area contributed by atoms with Crippen molar-refractivity contribution in [2.45, 2.75) is 26.9 Å². The summed E-state index contributed by atoms with van der Waals surface area (Å²) in [5.74, 6) is -1.64. The highest BCUT2D eigenvalue weighted by Crippen LogP contribution is 2.34. The van der Waals surface area contributed by atoms with Crippen LogP contribution in [0.15, 0.2) is 29.0 Å². The molecule has 30 heavy (non-hydrogen) atoms. The van der Waals surface area contributed by atoms with Gasteiger partial charge in [0.2, 0.25) is 5.82 Å². The van der Waals surface area contributed by atoms with E-state index >= 15 is 0 Å². The van der Waals surface area contributed by atoms with Gasteiger partial charge in [0.1, 0.15) is 0 Å². The van der Waals surface area contributed by atoms with Gasteiger partial charge in [0.25, 0.3) is 0 Å². The van der Waals surface area contributed by atoms with Crippen LogP contribution >= 0.6 is 0 Å². The standard InChI is InChI=1S/C19H15F3N6O2/c1-8-10(3)28(18(23)29)13-7-25-15(9(2)14(8)13)12-6-11(4-5-24-12)16-26-17(30-27-16)19(20,21)22/h4-7H,1-3H3,(H2,23,29). The van der Waals surface area contributed by atoms with E-state index in [0.717, 1.165) is 16.5 Å². The van der Waals surface area contributed by atoms with E-state index in [-0.39, 0.29) is 5.82 Å². The smallest absolute Gasteiger partial charge is 0.351 e. The topological polar surface area (TPSA) is 113 Å². The molecule has 0 aliphatic rings. The van der Waals surface area contributed by atoms with Crippen molar-refractivity contribution in [2.24, 2.45) is 5.73 Å². The van der Waals surface area contributed by atoms with E-state index in [4.69, 9.17) is 5.73 Å². The summed E-state index contributed by atoms with van der Waals surface area (Å²) in [5.41, 5.74) is 9.60. The summed E-state index contributed by atoms with van der Waals surface area (Å²) in [4.78, 5) is 23.9. The van der Waals surface area contributed by atoms with Crippen LogP contribution in [-0.2, 0) is 6.18 Å². The molecule has 4 rings (SSSR count). The van der Waals surface area contributed by atoms with Gasteiger partial charge in [-0.3, -0.25) is 14.5 Å². The molecule has 0 unspecified atom stereocenters. The number of fused-ring (bicyclic) bond motifs is 1. The zero-order valence-electron chi connectivity index (χ0n) is 16.1. The molecule has 0 aromatic carbocycles. The highest BCUT2D eigenvalue weighted by atomic mass is 19.4. The molecule has 154 valence electrons. The van der Waals surface area contributed by atoms with Crippen LogP contribution in [-0.4, -0.2) is 30.7 Å². The second-order valence-corrected chi connectivity index (χ2v) is 6.73. The van der Waals surface area contributed by atoms with E-state index in [9.17, 15) is 18.0 Å². The van der Waals surface area contributed by atoms with Crippen LogP contribution in [0.2, 0.25) is 0 Å². The second kappa shape index (κ2) is 6.65. The zero-order valence-corrected chi connectivity index (χ0v) is 16.1. The maximum absolute atomic E-state index is 12.7. The number of nitrogens with two attached hydrogens (primary N) is 1. The Morgan fingerprint density at radius 1 is 1.17 bits per heavy atom. The van der Waals surface area contributed by atoms with Crippen molar-refractivity contribution in [2.75, 3.05) is 0 Å². The van der Waals surface area contributed by atoms with E-state index < -0.39 is 18.1 Å². The molecule has 4 heterocycles. The normalized spacial score (nSPS) is 11.9. The molecule has 4 aromatic rings. The number of alkyl halides is 3. The van der Waals surface area contributed by atoms with Crippen LogP contribution < -0.4 is 5.73 Å². The van der Waals surface area contributed by atoms with Crippen molar-refractivity contribution in [3.05, 3.63) is 47.2 Å². The van der Waals surface area contributed by atoms with Gasteiger partial charge < -0.3 is 10.3 Å². The van der Waals surface area contributed by atoms with Crippen molar-refractivity contribution in [1.29, 1.82) is 0 Å². The Morgan fingerprint density at radius 2 is 1.90 bits per heavy atom. The lowest BCUT2D eigenvalue weighted by Gasteiger charge is -2.08. The lowest BCUT2D eigenvalue weighted by Crippen LogP contribution is -2.20. The Morgan fingerprint density at radius 3 is 2.53 bits per heavy atom. The molecule has 1 amide bonds. The second-order valence-electron chi connectivity index (χ2n) is 6.73. The van der Waals surface area contributed by atoms with Gasteiger partial charge in [-0.25, -0.2) is 4.79 Å². The van der Waals surface area contributed by atoms with Crippen LogP contribution in [0.25, 0.3) is 33.7 Å². The Balaban J connectivity index is 1.85. The predicted octanol–water partition coefficient (Wildman–Crippen LogP) is 4.02. The van der Waals surface area contributed by atoms with Crippen LogP contribution in [0.4, 0.5) is 18.0 Å². The molecule has 0 fully saturated rings. The molecule has 0 atom stereocenters. The number of hydrogen-bond donors (Lipinski definition) is 1. The maximum Gasteiger partial charge on any atom is 0.471 e. The molecule has 0 aliphatic heterocycles. The Kier molecular flexibility index (Phi) is 4.33. The predicted molar refractivity (Wildman–Crippen MR) is 100 cm³/mol. The fourth-order valence-corrected chi connectivity index (χ4v) is 3.47. The SMILES string of the molecule is Cc1c(-c2cc(-c3noc(C(F)(F)F)n3)ccn2)ncc2c1c(C)c(C)n2C(N)=O. The average Bonchev–Trinajstić information content (AvgIpc) is 3.27. The third-order valence-corrected chi connectivity index (χ3v) is 4.95. The number of nitrogens with zero attached hydrogens (tertiary/aromatic N) is 5. The number of pyridine rings is 2. The molecule has 0 saturated carbocycles. The lowest BCUT2D eigenvalue weighted by atomic mass is 10.0. The van der Waals surface area contributed by atoms with Crippen LogP contribution in [0.3, 0.4) is 0 Å². The molecular weight excluding hydrogens is 401 g/mol.